The van der Waals surface area contributed by atoms with E-state index in [-0.39, 0.29) is 5.91 Å². The van der Waals surface area contributed by atoms with Crippen LogP contribution < -0.4 is 14.5 Å². The molecular formula is C20H25N5O2. The SMILES string of the molecule is COc1cccc(C(=O)N2CCN(c3cc(N4CCCC4)ncn3)CC2)c1. The Balaban J connectivity index is 1.40. The van der Waals surface area contributed by atoms with E-state index in [1.54, 1.807) is 19.5 Å². The van der Waals surface area contributed by atoms with E-state index in [4.69, 9.17) is 4.74 Å². The third-order valence-electron chi connectivity index (χ3n) is 5.28. The van der Waals surface area contributed by atoms with Crippen LogP contribution in [0.25, 0.3) is 0 Å². The van der Waals surface area contributed by atoms with E-state index in [9.17, 15) is 4.79 Å². The Morgan fingerprint density at radius 1 is 0.926 bits per heavy atom. The molecule has 27 heavy (non-hydrogen) atoms. The molecule has 0 unspecified atom stereocenters. The van der Waals surface area contributed by atoms with Gasteiger partial charge in [0, 0.05) is 50.9 Å². The van der Waals surface area contributed by atoms with Gasteiger partial charge < -0.3 is 19.4 Å². The molecule has 0 atom stereocenters. The highest BCUT2D eigenvalue weighted by atomic mass is 16.5. The van der Waals surface area contributed by atoms with E-state index in [0.717, 1.165) is 37.8 Å². The van der Waals surface area contributed by atoms with Crippen molar-refractivity contribution in [3.05, 3.63) is 42.2 Å². The molecule has 0 spiro atoms. The highest BCUT2D eigenvalue weighted by molar-refractivity contribution is 5.94. The Hall–Kier alpha value is -2.83. The Bertz CT molecular complexity index is 798. The van der Waals surface area contributed by atoms with Gasteiger partial charge in [-0.1, -0.05) is 6.07 Å². The number of benzene rings is 1. The molecule has 0 bridgehead atoms. The van der Waals surface area contributed by atoms with E-state index >= 15 is 0 Å². The van der Waals surface area contributed by atoms with Crippen molar-refractivity contribution in [1.82, 2.24) is 14.9 Å². The van der Waals surface area contributed by atoms with Gasteiger partial charge in [-0.3, -0.25) is 4.79 Å². The van der Waals surface area contributed by atoms with Crippen molar-refractivity contribution in [2.45, 2.75) is 12.8 Å². The zero-order valence-electron chi connectivity index (χ0n) is 15.7. The number of rotatable bonds is 4. The molecule has 0 N–H and O–H groups in total. The second-order valence-corrected chi connectivity index (χ2v) is 6.94. The summed E-state index contributed by atoms with van der Waals surface area (Å²) in [6.07, 6.45) is 4.10. The summed E-state index contributed by atoms with van der Waals surface area (Å²) in [5.74, 6) is 2.71. The van der Waals surface area contributed by atoms with E-state index < -0.39 is 0 Å². The van der Waals surface area contributed by atoms with Gasteiger partial charge in [-0.15, -0.1) is 0 Å². The summed E-state index contributed by atoms with van der Waals surface area (Å²) in [4.78, 5) is 28.1. The van der Waals surface area contributed by atoms with Gasteiger partial charge in [0.05, 0.1) is 7.11 Å². The first-order valence-corrected chi connectivity index (χ1v) is 9.50. The molecule has 0 saturated carbocycles. The summed E-state index contributed by atoms with van der Waals surface area (Å²) in [6, 6.07) is 9.40. The van der Waals surface area contributed by atoms with Crippen LogP contribution in [0.4, 0.5) is 11.6 Å². The molecule has 0 aliphatic carbocycles. The molecule has 1 aromatic heterocycles. The first-order chi connectivity index (χ1) is 13.2. The molecule has 2 aromatic rings. The molecule has 1 aromatic carbocycles. The Morgan fingerprint density at radius 2 is 1.59 bits per heavy atom. The number of methoxy groups -OCH3 is 1. The van der Waals surface area contributed by atoms with Crippen molar-refractivity contribution in [2.75, 3.05) is 56.2 Å². The number of piperazine rings is 1. The molecule has 0 radical (unpaired) electrons. The first-order valence-electron chi connectivity index (χ1n) is 9.50. The van der Waals surface area contributed by atoms with Crippen molar-refractivity contribution < 1.29 is 9.53 Å². The van der Waals surface area contributed by atoms with E-state index in [1.807, 2.05) is 23.1 Å². The average Bonchev–Trinajstić information content (AvgIpc) is 3.28. The molecule has 7 nitrogen and oxygen atoms in total. The zero-order chi connectivity index (χ0) is 18.6. The highest BCUT2D eigenvalue weighted by Crippen LogP contribution is 2.22. The lowest BCUT2D eigenvalue weighted by Gasteiger charge is -2.35. The summed E-state index contributed by atoms with van der Waals surface area (Å²) in [5.41, 5.74) is 0.668. The van der Waals surface area contributed by atoms with Crippen molar-refractivity contribution in [2.24, 2.45) is 0 Å². The third-order valence-corrected chi connectivity index (χ3v) is 5.28. The Morgan fingerprint density at radius 3 is 2.26 bits per heavy atom. The van der Waals surface area contributed by atoms with Crippen LogP contribution in [0.5, 0.6) is 5.75 Å². The number of carbonyl (C=O) groups is 1. The average molecular weight is 367 g/mol. The van der Waals surface area contributed by atoms with E-state index in [1.165, 1.54) is 12.8 Å². The predicted molar refractivity (Wildman–Crippen MR) is 105 cm³/mol. The number of nitrogens with zero attached hydrogens (tertiary/aromatic N) is 5. The predicted octanol–water partition coefficient (Wildman–Crippen LogP) is 2.05. The molecule has 2 saturated heterocycles. The maximum atomic E-state index is 12.8. The zero-order valence-corrected chi connectivity index (χ0v) is 15.7. The highest BCUT2D eigenvalue weighted by Gasteiger charge is 2.24. The lowest BCUT2D eigenvalue weighted by molar-refractivity contribution is 0.0746. The van der Waals surface area contributed by atoms with Crippen molar-refractivity contribution in [3.63, 3.8) is 0 Å². The number of amides is 1. The van der Waals surface area contributed by atoms with Crippen LogP contribution in [-0.4, -0.2) is 67.2 Å². The number of hydrogen-bond donors (Lipinski definition) is 0. The minimum Gasteiger partial charge on any atom is -0.497 e. The number of hydrogen-bond acceptors (Lipinski definition) is 6. The lowest BCUT2D eigenvalue weighted by atomic mass is 10.1. The molecule has 142 valence electrons. The molecule has 2 fully saturated rings. The van der Waals surface area contributed by atoms with Crippen LogP contribution in [-0.2, 0) is 0 Å². The lowest BCUT2D eigenvalue weighted by Crippen LogP contribution is -2.49. The number of aromatic nitrogens is 2. The van der Waals surface area contributed by atoms with Crippen molar-refractivity contribution >= 4 is 17.5 Å². The van der Waals surface area contributed by atoms with Gasteiger partial charge >= 0.3 is 0 Å². The fraction of sp³-hybridized carbons (Fsp3) is 0.450. The van der Waals surface area contributed by atoms with E-state index in [0.29, 0.717) is 24.4 Å². The molecule has 7 heteroatoms. The maximum absolute atomic E-state index is 12.8. The smallest absolute Gasteiger partial charge is 0.254 e. The summed E-state index contributed by atoms with van der Waals surface area (Å²) in [6.45, 7) is 5.04. The minimum atomic E-state index is 0.0500. The normalized spacial score (nSPS) is 17.3. The number of carbonyl (C=O) groups excluding carboxylic acids is 1. The second-order valence-electron chi connectivity index (χ2n) is 6.94. The number of anilines is 2. The molecule has 2 aliphatic heterocycles. The summed E-state index contributed by atoms with van der Waals surface area (Å²) >= 11 is 0. The van der Waals surface area contributed by atoms with Gasteiger partial charge in [-0.2, -0.15) is 0 Å². The maximum Gasteiger partial charge on any atom is 0.254 e. The fourth-order valence-electron chi connectivity index (χ4n) is 3.71. The first kappa shape index (κ1) is 17.6. The topological polar surface area (TPSA) is 61.8 Å². The molecule has 2 aliphatic rings. The van der Waals surface area contributed by atoms with Gasteiger partial charge in [-0.25, -0.2) is 9.97 Å². The Kier molecular flexibility index (Phi) is 5.09. The summed E-state index contributed by atoms with van der Waals surface area (Å²) < 4.78 is 5.22. The second kappa shape index (κ2) is 7.82. The molecular weight excluding hydrogens is 342 g/mol. The van der Waals surface area contributed by atoms with Crippen LogP contribution in [0.15, 0.2) is 36.7 Å². The molecule has 4 rings (SSSR count). The molecule has 1 amide bonds. The third kappa shape index (κ3) is 3.82. The van der Waals surface area contributed by atoms with Crippen LogP contribution >= 0.6 is 0 Å². The Labute approximate surface area is 159 Å². The van der Waals surface area contributed by atoms with Crippen LogP contribution in [0.3, 0.4) is 0 Å². The van der Waals surface area contributed by atoms with Gasteiger partial charge in [-0.05, 0) is 31.0 Å². The van der Waals surface area contributed by atoms with Gasteiger partial charge in [0.15, 0.2) is 0 Å². The van der Waals surface area contributed by atoms with Crippen LogP contribution in [0, 0.1) is 0 Å². The largest absolute Gasteiger partial charge is 0.497 e. The molecule has 3 heterocycles. The fourth-order valence-corrected chi connectivity index (χ4v) is 3.71. The number of ether oxygens (including phenoxy) is 1. The monoisotopic (exact) mass is 367 g/mol. The van der Waals surface area contributed by atoms with Crippen molar-refractivity contribution in [1.29, 1.82) is 0 Å². The summed E-state index contributed by atoms with van der Waals surface area (Å²) in [5, 5.41) is 0. The van der Waals surface area contributed by atoms with Gasteiger partial charge in [0.25, 0.3) is 5.91 Å². The van der Waals surface area contributed by atoms with Gasteiger partial charge in [0.2, 0.25) is 0 Å². The van der Waals surface area contributed by atoms with Gasteiger partial charge in [0.1, 0.15) is 23.7 Å². The summed E-state index contributed by atoms with van der Waals surface area (Å²) in [7, 11) is 1.61. The standard InChI is InChI=1S/C20H25N5O2/c1-27-17-6-4-5-16(13-17)20(26)25-11-9-24(10-12-25)19-14-18(21-15-22-19)23-7-2-3-8-23/h4-6,13-15H,2-3,7-12H2,1H3. The minimum absolute atomic E-state index is 0.0500. The van der Waals surface area contributed by atoms with E-state index in [2.05, 4.69) is 25.8 Å². The quantitative estimate of drug-likeness (QED) is 0.824. The van der Waals surface area contributed by atoms with Crippen LogP contribution in [0.1, 0.15) is 23.2 Å². The van der Waals surface area contributed by atoms with Crippen molar-refractivity contribution in [3.8, 4) is 5.75 Å². The van der Waals surface area contributed by atoms with Crippen LogP contribution in [0.2, 0.25) is 0 Å².